The molecule has 24 heavy (non-hydrogen) atoms. The van der Waals surface area contributed by atoms with Crippen LogP contribution in [0.2, 0.25) is 5.02 Å². The molecule has 0 radical (unpaired) electrons. The van der Waals surface area contributed by atoms with Gasteiger partial charge in [0.1, 0.15) is 0 Å². The molecule has 6 heteroatoms. The fourth-order valence-corrected chi connectivity index (χ4v) is 3.45. The van der Waals surface area contributed by atoms with Crippen LogP contribution in [0.15, 0.2) is 30.5 Å². The second-order valence-electron chi connectivity index (χ2n) is 6.85. The molecule has 1 aliphatic carbocycles. The fourth-order valence-electron chi connectivity index (χ4n) is 3.32. The molecule has 0 bridgehead atoms. The zero-order valence-corrected chi connectivity index (χ0v) is 14.9. The van der Waals surface area contributed by atoms with Gasteiger partial charge in [0.25, 0.3) is 5.91 Å². The Morgan fingerprint density at radius 1 is 1.42 bits per heavy atom. The molecule has 1 heterocycles. The predicted molar refractivity (Wildman–Crippen MR) is 94.1 cm³/mol. The lowest BCUT2D eigenvalue weighted by atomic mass is 9.60. The molecule has 1 aromatic heterocycles. The summed E-state index contributed by atoms with van der Waals surface area (Å²) in [7, 11) is 1.74. The van der Waals surface area contributed by atoms with Crippen molar-refractivity contribution in [3.8, 4) is 11.3 Å². The summed E-state index contributed by atoms with van der Waals surface area (Å²) in [6, 6.07) is 7.32. The van der Waals surface area contributed by atoms with Gasteiger partial charge in [-0.3, -0.25) is 9.89 Å². The minimum Gasteiger partial charge on any atom is -0.381 e. The van der Waals surface area contributed by atoms with E-state index in [2.05, 4.69) is 29.4 Å². The van der Waals surface area contributed by atoms with E-state index in [0.29, 0.717) is 28.7 Å². The van der Waals surface area contributed by atoms with Crippen LogP contribution in [0.4, 0.5) is 0 Å². The van der Waals surface area contributed by atoms with Crippen LogP contribution in [0.3, 0.4) is 0 Å². The molecule has 1 amide bonds. The highest BCUT2D eigenvalue weighted by Crippen LogP contribution is 2.47. The fraction of sp³-hybridized carbons (Fsp3) is 0.444. The van der Waals surface area contributed by atoms with Crippen molar-refractivity contribution < 1.29 is 9.53 Å². The molecule has 1 saturated carbocycles. The number of carbonyl (C=O) groups is 1. The highest BCUT2D eigenvalue weighted by atomic mass is 35.5. The molecular weight excluding hydrogens is 326 g/mol. The monoisotopic (exact) mass is 347 g/mol. The van der Waals surface area contributed by atoms with E-state index >= 15 is 0 Å². The molecule has 0 spiro atoms. The number of H-pyrrole nitrogens is 1. The lowest BCUT2D eigenvalue weighted by molar-refractivity contribution is -0.118. The first-order valence-electron chi connectivity index (χ1n) is 8.03. The third kappa shape index (κ3) is 3.06. The SMILES string of the molecule is COC1CC(CNC(=O)c2cn[nH]c2-c2ccc(Cl)cc2)C1(C)C. The smallest absolute Gasteiger partial charge is 0.255 e. The number of aromatic nitrogens is 2. The van der Waals surface area contributed by atoms with Crippen LogP contribution < -0.4 is 5.32 Å². The summed E-state index contributed by atoms with van der Waals surface area (Å²) in [5.74, 6) is 0.294. The van der Waals surface area contributed by atoms with E-state index in [1.54, 1.807) is 25.4 Å². The van der Waals surface area contributed by atoms with Crippen molar-refractivity contribution in [2.75, 3.05) is 13.7 Å². The average Bonchev–Trinajstić information content (AvgIpc) is 3.04. The van der Waals surface area contributed by atoms with Gasteiger partial charge in [-0.15, -0.1) is 0 Å². The van der Waals surface area contributed by atoms with E-state index in [-0.39, 0.29) is 17.4 Å². The van der Waals surface area contributed by atoms with Crippen molar-refractivity contribution in [2.45, 2.75) is 26.4 Å². The molecule has 1 fully saturated rings. The Bertz CT molecular complexity index is 724. The molecule has 2 atom stereocenters. The number of rotatable bonds is 5. The van der Waals surface area contributed by atoms with Gasteiger partial charge < -0.3 is 10.1 Å². The minimum absolute atomic E-state index is 0.0808. The van der Waals surface area contributed by atoms with E-state index in [9.17, 15) is 4.79 Å². The lowest BCUT2D eigenvalue weighted by Crippen LogP contribution is -2.54. The maximum atomic E-state index is 12.5. The highest BCUT2D eigenvalue weighted by Gasteiger charge is 2.48. The second kappa shape index (κ2) is 6.57. The van der Waals surface area contributed by atoms with E-state index in [1.165, 1.54) is 0 Å². The number of benzene rings is 1. The Morgan fingerprint density at radius 3 is 2.75 bits per heavy atom. The largest absolute Gasteiger partial charge is 0.381 e. The van der Waals surface area contributed by atoms with Crippen LogP contribution in [0.1, 0.15) is 30.6 Å². The first kappa shape index (κ1) is 17.0. The highest BCUT2D eigenvalue weighted by molar-refractivity contribution is 6.30. The van der Waals surface area contributed by atoms with Crippen LogP contribution >= 0.6 is 11.6 Å². The Kier molecular flexibility index (Phi) is 4.65. The van der Waals surface area contributed by atoms with Crippen molar-refractivity contribution in [2.24, 2.45) is 11.3 Å². The maximum Gasteiger partial charge on any atom is 0.255 e. The summed E-state index contributed by atoms with van der Waals surface area (Å²) >= 11 is 5.92. The zero-order chi connectivity index (χ0) is 17.3. The molecular formula is C18H22ClN3O2. The number of hydrogen-bond donors (Lipinski definition) is 2. The molecule has 2 unspecified atom stereocenters. The maximum absolute atomic E-state index is 12.5. The number of amides is 1. The van der Waals surface area contributed by atoms with Crippen LogP contribution in [-0.4, -0.2) is 35.9 Å². The number of hydrogen-bond acceptors (Lipinski definition) is 3. The van der Waals surface area contributed by atoms with Crippen molar-refractivity contribution in [1.82, 2.24) is 15.5 Å². The Balaban J connectivity index is 1.67. The topological polar surface area (TPSA) is 67.0 Å². The van der Waals surface area contributed by atoms with Crippen molar-refractivity contribution >= 4 is 17.5 Å². The van der Waals surface area contributed by atoms with Crippen LogP contribution in [0.25, 0.3) is 11.3 Å². The normalized spacial score (nSPS) is 22.0. The molecule has 2 N–H and O–H groups in total. The summed E-state index contributed by atoms with van der Waals surface area (Å²) < 4.78 is 5.46. The van der Waals surface area contributed by atoms with Crippen molar-refractivity contribution in [3.05, 3.63) is 41.0 Å². The van der Waals surface area contributed by atoms with E-state index < -0.39 is 0 Å². The summed E-state index contributed by atoms with van der Waals surface area (Å²) in [5, 5.41) is 10.6. The van der Waals surface area contributed by atoms with Crippen molar-refractivity contribution in [1.29, 1.82) is 0 Å². The summed E-state index contributed by atoms with van der Waals surface area (Å²) in [6.07, 6.45) is 2.79. The summed E-state index contributed by atoms with van der Waals surface area (Å²) in [4.78, 5) is 12.5. The van der Waals surface area contributed by atoms with Gasteiger partial charge in [-0.2, -0.15) is 5.10 Å². The third-order valence-electron chi connectivity index (χ3n) is 5.19. The number of nitrogens with zero attached hydrogens (tertiary/aromatic N) is 1. The first-order chi connectivity index (χ1) is 11.4. The molecule has 0 saturated heterocycles. The van der Waals surface area contributed by atoms with E-state index in [4.69, 9.17) is 16.3 Å². The first-order valence-corrected chi connectivity index (χ1v) is 8.41. The molecule has 1 aliphatic rings. The number of aromatic amines is 1. The third-order valence-corrected chi connectivity index (χ3v) is 5.44. The number of ether oxygens (including phenoxy) is 1. The molecule has 5 nitrogen and oxygen atoms in total. The van der Waals surface area contributed by atoms with Gasteiger partial charge in [-0.05, 0) is 29.9 Å². The van der Waals surface area contributed by atoms with Gasteiger partial charge in [0.2, 0.25) is 0 Å². The summed E-state index contributed by atoms with van der Waals surface area (Å²) in [5.41, 5.74) is 2.20. The molecule has 1 aromatic carbocycles. The number of nitrogens with one attached hydrogen (secondary N) is 2. The quantitative estimate of drug-likeness (QED) is 0.869. The van der Waals surface area contributed by atoms with Crippen LogP contribution in [0, 0.1) is 11.3 Å². The molecule has 0 aliphatic heterocycles. The van der Waals surface area contributed by atoms with Gasteiger partial charge in [-0.25, -0.2) is 0 Å². The van der Waals surface area contributed by atoms with E-state index in [1.807, 2.05) is 12.1 Å². The number of methoxy groups -OCH3 is 1. The van der Waals surface area contributed by atoms with Crippen molar-refractivity contribution in [3.63, 3.8) is 0 Å². The lowest BCUT2D eigenvalue weighted by Gasteiger charge is -2.51. The minimum atomic E-state index is -0.120. The average molecular weight is 348 g/mol. The molecule has 3 rings (SSSR count). The summed E-state index contributed by atoms with van der Waals surface area (Å²) in [6.45, 7) is 4.99. The zero-order valence-electron chi connectivity index (χ0n) is 14.1. The van der Waals surface area contributed by atoms with E-state index in [0.717, 1.165) is 12.0 Å². The standard InChI is InChI=1S/C18H22ClN3O2/c1-18(2)12(8-15(18)24-3)9-20-17(23)14-10-21-22-16(14)11-4-6-13(19)7-5-11/h4-7,10,12,15H,8-9H2,1-3H3,(H,20,23)(H,21,22). The van der Waals surface area contributed by atoms with Gasteiger partial charge in [0.15, 0.2) is 0 Å². The Hall–Kier alpha value is -1.85. The molecule has 128 valence electrons. The van der Waals surface area contributed by atoms with Gasteiger partial charge in [0, 0.05) is 24.2 Å². The van der Waals surface area contributed by atoms with Gasteiger partial charge in [-0.1, -0.05) is 37.6 Å². The Morgan fingerprint density at radius 2 is 2.12 bits per heavy atom. The molecule has 2 aromatic rings. The van der Waals surface area contributed by atoms with Crippen LogP contribution in [0.5, 0.6) is 0 Å². The van der Waals surface area contributed by atoms with Gasteiger partial charge >= 0.3 is 0 Å². The second-order valence-corrected chi connectivity index (χ2v) is 7.29. The predicted octanol–water partition coefficient (Wildman–Crippen LogP) is 3.52. The van der Waals surface area contributed by atoms with Gasteiger partial charge in [0.05, 0.1) is 23.6 Å². The van der Waals surface area contributed by atoms with Crippen LogP contribution in [-0.2, 0) is 4.74 Å². The Labute approximate surface area is 146 Å². The number of carbonyl (C=O) groups excluding carboxylic acids is 1. The number of halogens is 1.